The Hall–Kier alpha value is -2.02. The Balaban J connectivity index is 1.97. The van der Waals surface area contributed by atoms with Crippen molar-refractivity contribution in [3.8, 4) is 0 Å². The summed E-state index contributed by atoms with van der Waals surface area (Å²) < 4.78 is 23.4. The van der Waals surface area contributed by atoms with Crippen molar-refractivity contribution >= 4 is 27.5 Å². The van der Waals surface area contributed by atoms with Crippen LogP contribution in [-0.2, 0) is 10.0 Å². The molecule has 0 aliphatic heterocycles. The summed E-state index contributed by atoms with van der Waals surface area (Å²) in [6, 6.07) is 17.6. The molecule has 4 nitrogen and oxygen atoms in total. The van der Waals surface area contributed by atoms with E-state index in [9.17, 15) is 8.42 Å². The molecule has 0 radical (unpaired) electrons. The zero-order valence-corrected chi connectivity index (χ0v) is 14.6. The number of allylic oxidation sites excluding steroid dienone is 3. The number of nitrogens with two attached hydrogens (primary N) is 2. The minimum absolute atomic E-state index is 0.110. The molecule has 1 aliphatic rings. The van der Waals surface area contributed by atoms with Gasteiger partial charge in [0.2, 0.25) is 10.0 Å². The number of hydrogen-bond donors (Lipinski definition) is 2. The summed E-state index contributed by atoms with van der Waals surface area (Å²) in [6.45, 7) is 0. The molecular formula is C18H18N2O2S2. The summed E-state index contributed by atoms with van der Waals surface area (Å²) in [7, 11) is -3.71. The second kappa shape index (κ2) is 6.84. The predicted octanol–water partition coefficient (Wildman–Crippen LogP) is 3.60. The molecule has 24 heavy (non-hydrogen) atoms. The van der Waals surface area contributed by atoms with Crippen LogP contribution in [0.25, 0.3) is 0 Å². The second-order valence-electron chi connectivity index (χ2n) is 5.57. The molecule has 0 saturated carbocycles. The summed E-state index contributed by atoms with van der Waals surface area (Å²) in [5.41, 5.74) is 7.57. The minimum Gasteiger partial charge on any atom is -0.399 e. The van der Waals surface area contributed by atoms with Crippen molar-refractivity contribution < 1.29 is 8.42 Å². The van der Waals surface area contributed by atoms with Crippen LogP contribution < -0.4 is 10.9 Å². The maximum Gasteiger partial charge on any atom is 0.237 e. The van der Waals surface area contributed by atoms with Crippen LogP contribution in [0, 0.1) is 0 Å². The average molecular weight is 358 g/mol. The first kappa shape index (κ1) is 16.8. The third kappa shape index (κ3) is 3.90. The van der Waals surface area contributed by atoms with Crippen LogP contribution in [0.4, 0.5) is 5.69 Å². The smallest absolute Gasteiger partial charge is 0.237 e. The Labute approximate surface area is 146 Å². The second-order valence-corrected chi connectivity index (χ2v) is 8.28. The Morgan fingerprint density at radius 2 is 1.67 bits per heavy atom. The Kier molecular flexibility index (Phi) is 4.80. The van der Waals surface area contributed by atoms with Crippen molar-refractivity contribution in [2.75, 3.05) is 5.73 Å². The highest BCUT2D eigenvalue weighted by atomic mass is 32.2. The van der Waals surface area contributed by atoms with Gasteiger partial charge in [0.1, 0.15) is 0 Å². The summed E-state index contributed by atoms with van der Waals surface area (Å²) in [5, 5.41) is 5.30. The normalized spacial score (nSPS) is 18.0. The van der Waals surface area contributed by atoms with Gasteiger partial charge >= 0.3 is 0 Å². The van der Waals surface area contributed by atoms with Crippen molar-refractivity contribution in [2.45, 2.75) is 17.2 Å². The summed E-state index contributed by atoms with van der Waals surface area (Å²) in [6.07, 6.45) is 3.97. The molecule has 1 aliphatic carbocycles. The molecule has 0 aromatic heterocycles. The van der Waals surface area contributed by atoms with Crippen LogP contribution in [0.3, 0.4) is 0 Å². The van der Waals surface area contributed by atoms with Gasteiger partial charge in [-0.25, -0.2) is 13.6 Å². The fraction of sp³-hybridized carbons (Fsp3) is 0.111. The number of anilines is 1. The fourth-order valence-electron chi connectivity index (χ4n) is 2.61. The van der Waals surface area contributed by atoms with Crippen molar-refractivity contribution in [3.05, 3.63) is 82.1 Å². The summed E-state index contributed by atoms with van der Waals surface area (Å²) in [5.74, 6) is 0.110. The molecular weight excluding hydrogens is 340 g/mol. The van der Waals surface area contributed by atoms with Gasteiger partial charge in [0.25, 0.3) is 0 Å². The molecule has 2 aromatic carbocycles. The number of hydrogen-bond acceptors (Lipinski definition) is 4. The number of sulfonamides is 1. The van der Waals surface area contributed by atoms with Crippen molar-refractivity contribution in [2.24, 2.45) is 5.14 Å². The van der Waals surface area contributed by atoms with Gasteiger partial charge in [0.05, 0.1) is 4.91 Å². The van der Waals surface area contributed by atoms with Gasteiger partial charge in [-0.05, 0) is 47.2 Å². The molecule has 6 heteroatoms. The molecule has 0 amide bonds. The molecule has 2 aromatic rings. The maximum absolute atomic E-state index is 11.7. The van der Waals surface area contributed by atoms with E-state index in [4.69, 9.17) is 10.9 Å². The first-order chi connectivity index (χ1) is 11.4. The lowest BCUT2D eigenvalue weighted by atomic mass is 9.92. The molecule has 3 rings (SSSR count). The molecule has 0 saturated heterocycles. The van der Waals surface area contributed by atoms with Crippen LogP contribution in [0.5, 0.6) is 0 Å². The quantitative estimate of drug-likeness (QED) is 0.818. The maximum atomic E-state index is 11.7. The van der Waals surface area contributed by atoms with E-state index in [0.717, 1.165) is 15.4 Å². The molecule has 0 bridgehead atoms. The lowest BCUT2D eigenvalue weighted by Crippen LogP contribution is -2.16. The summed E-state index contributed by atoms with van der Waals surface area (Å²) in [4.78, 5) is 2.14. The first-order valence-corrected chi connectivity index (χ1v) is 9.82. The topological polar surface area (TPSA) is 86.2 Å². The molecule has 124 valence electrons. The van der Waals surface area contributed by atoms with E-state index < -0.39 is 10.0 Å². The Bertz CT molecular complexity index is 886. The van der Waals surface area contributed by atoms with Gasteiger partial charge in [-0.15, -0.1) is 0 Å². The van der Waals surface area contributed by atoms with E-state index in [1.54, 1.807) is 23.9 Å². The fourth-order valence-corrected chi connectivity index (χ4v) is 4.41. The number of primary sulfonamides is 1. The highest BCUT2D eigenvalue weighted by Gasteiger charge is 2.24. The molecule has 1 atom stereocenters. The van der Waals surface area contributed by atoms with E-state index in [-0.39, 0.29) is 10.8 Å². The van der Waals surface area contributed by atoms with E-state index in [0.29, 0.717) is 12.1 Å². The third-order valence-electron chi connectivity index (χ3n) is 3.83. The highest BCUT2D eigenvalue weighted by Crippen LogP contribution is 2.43. The largest absolute Gasteiger partial charge is 0.399 e. The van der Waals surface area contributed by atoms with E-state index in [1.165, 1.54) is 0 Å². The van der Waals surface area contributed by atoms with Gasteiger partial charge in [-0.1, -0.05) is 48.2 Å². The lowest BCUT2D eigenvalue weighted by molar-refractivity contribution is 0.604. The predicted molar refractivity (Wildman–Crippen MR) is 99.8 cm³/mol. The van der Waals surface area contributed by atoms with Gasteiger partial charge < -0.3 is 5.73 Å². The standard InChI is InChI=1S/C18H18N2O2S2/c19-14-6-8-15(9-7-14)23-18-12-16(24(20,21)22)10-11-17(18)13-4-2-1-3-5-13/h1-10,12,17H,11,19H2,(H2,20,21,22). The van der Waals surface area contributed by atoms with Crippen molar-refractivity contribution in [1.29, 1.82) is 0 Å². The average Bonchev–Trinajstić information content (AvgIpc) is 2.57. The van der Waals surface area contributed by atoms with Crippen LogP contribution in [0.1, 0.15) is 17.9 Å². The third-order valence-corrected chi connectivity index (χ3v) is 5.92. The van der Waals surface area contributed by atoms with E-state index in [1.807, 2.05) is 42.5 Å². The number of benzene rings is 2. The van der Waals surface area contributed by atoms with Gasteiger partial charge in [0, 0.05) is 16.5 Å². The van der Waals surface area contributed by atoms with Gasteiger partial charge in [-0.3, -0.25) is 0 Å². The first-order valence-electron chi connectivity index (χ1n) is 7.46. The zero-order chi connectivity index (χ0) is 17.2. The van der Waals surface area contributed by atoms with Gasteiger partial charge in [0.15, 0.2) is 0 Å². The highest BCUT2D eigenvalue weighted by molar-refractivity contribution is 8.03. The Morgan fingerprint density at radius 1 is 1.00 bits per heavy atom. The molecule has 0 spiro atoms. The molecule has 0 fully saturated rings. The number of thioether (sulfide) groups is 1. The summed E-state index contributed by atoms with van der Waals surface area (Å²) >= 11 is 1.54. The number of rotatable bonds is 4. The van der Waals surface area contributed by atoms with Crippen LogP contribution >= 0.6 is 11.8 Å². The molecule has 0 heterocycles. The van der Waals surface area contributed by atoms with Crippen molar-refractivity contribution in [3.63, 3.8) is 0 Å². The van der Waals surface area contributed by atoms with E-state index >= 15 is 0 Å². The monoisotopic (exact) mass is 358 g/mol. The molecule has 4 N–H and O–H groups in total. The zero-order valence-electron chi connectivity index (χ0n) is 12.9. The number of nitrogen functional groups attached to an aromatic ring is 1. The van der Waals surface area contributed by atoms with Crippen LogP contribution in [0.2, 0.25) is 0 Å². The Morgan fingerprint density at radius 3 is 2.29 bits per heavy atom. The van der Waals surface area contributed by atoms with Crippen LogP contribution in [-0.4, -0.2) is 8.42 Å². The SMILES string of the molecule is Nc1ccc(SC2=CC(S(N)(=O)=O)=CCC2c2ccccc2)cc1. The van der Waals surface area contributed by atoms with Crippen LogP contribution in [0.15, 0.2) is 81.5 Å². The molecule has 1 unspecified atom stereocenters. The lowest BCUT2D eigenvalue weighted by Gasteiger charge is -2.23. The minimum atomic E-state index is -3.71. The van der Waals surface area contributed by atoms with Crippen molar-refractivity contribution in [1.82, 2.24) is 0 Å². The van der Waals surface area contributed by atoms with Gasteiger partial charge in [-0.2, -0.15) is 0 Å². The van der Waals surface area contributed by atoms with E-state index in [2.05, 4.69) is 12.1 Å².